The summed E-state index contributed by atoms with van der Waals surface area (Å²) in [6.45, 7) is 3.09. The summed E-state index contributed by atoms with van der Waals surface area (Å²) in [4.78, 5) is 3.35. The van der Waals surface area contributed by atoms with Crippen molar-refractivity contribution < 1.29 is 0 Å². The van der Waals surface area contributed by atoms with Gasteiger partial charge in [-0.15, -0.1) is 0 Å². The number of hydrogen-bond acceptors (Lipinski definition) is 1. The molecule has 0 saturated heterocycles. The van der Waals surface area contributed by atoms with E-state index in [-0.39, 0.29) is 0 Å². The smallest absolute Gasteiger partial charge is 0.0456 e. The van der Waals surface area contributed by atoms with Gasteiger partial charge in [0.2, 0.25) is 0 Å². The third kappa shape index (κ3) is 2.57. The van der Waals surface area contributed by atoms with Gasteiger partial charge in [-0.3, -0.25) is 0 Å². The van der Waals surface area contributed by atoms with Gasteiger partial charge in [0, 0.05) is 34.7 Å². The summed E-state index contributed by atoms with van der Waals surface area (Å²) < 4.78 is 0. The van der Waals surface area contributed by atoms with Gasteiger partial charge in [-0.05, 0) is 42.0 Å². The zero-order valence-corrected chi connectivity index (χ0v) is 13.3. The molecule has 1 aromatic heterocycles. The molecule has 0 aliphatic rings. The predicted molar refractivity (Wildman–Crippen MR) is 99.2 cm³/mol. The van der Waals surface area contributed by atoms with E-state index in [1.54, 1.807) is 0 Å². The minimum Gasteiger partial charge on any atom is -0.384 e. The van der Waals surface area contributed by atoms with Gasteiger partial charge in [0.1, 0.15) is 0 Å². The maximum Gasteiger partial charge on any atom is 0.0456 e. The van der Waals surface area contributed by atoms with Crippen LogP contribution >= 0.6 is 0 Å². The van der Waals surface area contributed by atoms with Crippen molar-refractivity contribution in [2.45, 2.75) is 13.3 Å². The van der Waals surface area contributed by atoms with Gasteiger partial charge in [-0.2, -0.15) is 0 Å². The van der Waals surface area contributed by atoms with Crippen LogP contribution in [0.2, 0.25) is 0 Å². The van der Waals surface area contributed by atoms with Crippen molar-refractivity contribution in [3.8, 4) is 0 Å². The lowest BCUT2D eigenvalue weighted by Crippen LogP contribution is -2.05. The molecule has 0 bridgehead atoms. The first kappa shape index (κ1) is 13.9. The van der Waals surface area contributed by atoms with Crippen LogP contribution in [0.4, 0.5) is 5.69 Å². The van der Waals surface area contributed by atoms with Crippen LogP contribution in [-0.4, -0.2) is 11.5 Å². The van der Waals surface area contributed by atoms with Crippen molar-refractivity contribution in [1.82, 2.24) is 4.98 Å². The van der Waals surface area contributed by atoms with E-state index in [0.717, 1.165) is 13.0 Å². The number of hydrogen-bond donors (Lipinski definition) is 2. The van der Waals surface area contributed by atoms with Crippen molar-refractivity contribution >= 4 is 27.4 Å². The molecule has 2 nitrogen and oxygen atoms in total. The molecule has 0 saturated carbocycles. The molecule has 0 spiro atoms. The Morgan fingerprint density at radius 3 is 2.43 bits per heavy atom. The minimum atomic E-state index is 0.925. The van der Waals surface area contributed by atoms with Gasteiger partial charge >= 0.3 is 0 Å². The topological polar surface area (TPSA) is 27.8 Å². The molecule has 0 radical (unpaired) electrons. The zero-order chi connectivity index (χ0) is 15.6. The van der Waals surface area contributed by atoms with Gasteiger partial charge in [0.25, 0.3) is 0 Å². The van der Waals surface area contributed by atoms with E-state index in [4.69, 9.17) is 0 Å². The number of rotatable bonds is 4. The van der Waals surface area contributed by atoms with E-state index in [1.807, 2.05) is 0 Å². The maximum atomic E-state index is 3.60. The lowest BCUT2D eigenvalue weighted by molar-refractivity contribution is 1.03. The molecule has 2 heteroatoms. The van der Waals surface area contributed by atoms with Crippen LogP contribution in [0.5, 0.6) is 0 Å². The highest BCUT2D eigenvalue weighted by molar-refractivity contribution is 5.96. The second-order valence-corrected chi connectivity index (χ2v) is 6.01. The summed E-state index contributed by atoms with van der Waals surface area (Å²) in [6.07, 6.45) is 3.13. The number of anilines is 1. The molecular formula is C21H20N2. The fourth-order valence-electron chi connectivity index (χ4n) is 3.27. The van der Waals surface area contributed by atoms with Crippen LogP contribution in [0.1, 0.15) is 11.1 Å². The normalized spacial score (nSPS) is 11.2. The average molecular weight is 300 g/mol. The number of benzene rings is 3. The Morgan fingerprint density at radius 1 is 0.826 bits per heavy atom. The number of aromatic amines is 1. The highest BCUT2D eigenvalue weighted by Gasteiger charge is 2.05. The van der Waals surface area contributed by atoms with Gasteiger partial charge in [-0.1, -0.05) is 48.5 Å². The van der Waals surface area contributed by atoms with Crippen LogP contribution in [0.15, 0.2) is 66.9 Å². The van der Waals surface area contributed by atoms with Crippen LogP contribution in [0.3, 0.4) is 0 Å². The Kier molecular flexibility index (Phi) is 3.51. The molecule has 0 amide bonds. The Balaban J connectivity index is 1.55. The third-order valence-electron chi connectivity index (χ3n) is 4.53. The molecule has 2 N–H and O–H groups in total. The standard InChI is InChI=1S/C21H20N2/c1-15-10-11-21(19-8-3-2-6-17(15)19)22-13-12-16-14-23-20-9-5-4-7-18(16)20/h2-11,14,22-23H,12-13H2,1H3. The summed E-state index contributed by atoms with van der Waals surface area (Å²) >= 11 is 0. The highest BCUT2D eigenvalue weighted by atomic mass is 14.9. The molecule has 1 heterocycles. The summed E-state index contributed by atoms with van der Waals surface area (Å²) in [5.41, 5.74) is 5.11. The van der Waals surface area contributed by atoms with Crippen molar-refractivity contribution in [1.29, 1.82) is 0 Å². The molecule has 0 unspecified atom stereocenters. The molecule has 0 atom stereocenters. The Labute approximate surface area is 136 Å². The van der Waals surface area contributed by atoms with Crippen molar-refractivity contribution in [3.05, 3.63) is 78.0 Å². The largest absolute Gasteiger partial charge is 0.384 e. The summed E-state index contributed by atoms with van der Waals surface area (Å²) in [5.74, 6) is 0. The molecular weight excluding hydrogens is 280 g/mol. The van der Waals surface area contributed by atoms with E-state index >= 15 is 0 Å². The SMILES string of the molecule is Cc1ccc(NCCc2c[nH]c3ccccc23)c2ccccc12. The Bertz CT molecular complexity index is 966. The Morgan fingerprint density at radius 2 is 1.57 bits per heavy atom. The Hall–Kier alpha value is -2.74. The maximum absolute atomic E-state index is 3.60. The minimum absolute atomic E-state index is 0.925. The number of para-hydroxylation sites is 1. The quantitative estimate of drug-likeness (QED) is 0.527. The van der Waals surface area contributed by atoms with Gasteiger partial charge in [0.15, 0.2) is 0 Å². The number of H-pyrrole nitrogens is 1. The fourth-order valence-corrected chi connectivity index (χ4v) is 3.27. The van der Waals surface area contributed by atoms with Crippen LogP contribution < -0.4 is 5.32 Å². The molecule has 4 aromatic rings. The van der Waals surface area contributed by atoms with Gasteiger partial charge in [0.05, 0.1) is 0 Å². The summed E-state index contributed by atoms with van der Waals surface area (Å²) in [6, 6.07) is 21.4. The van der Waals surface area contributed by atoms with Crippen molar-refractivity contribution in [3.63, 3.8) is 0 Å². The zero-order valence-electron chi connectivity index (χ0n) is 13.3. The number of fused-ring (bicyclic) bond motifs is 2. The average Bonchev–Trinajstić information content (AvgIpc) is 3.01. The van der Waals surface area contributed by atoms with E-state index in [0.29, 0.717) is 0 Å². The van der Waals surface area contributed by atoms with E-state index in [9.17, 15) is 0 Å². The van der Waals surface area contributed by atoms with Crippen LogP contribution in [-0.2, 0) is 6.42 Å². The van der Waals surface area contributed by atoms with Crippen molar-refractivity contribution in [2.75, 3.05) is 11.9 Å². The highest BCUT2D eigenvalue weighted by Crippen LogP contribution is 2.26. The van der Waals surface area contributed by atoms with Crippen molar-refractivity contribution in [2.24, 2.45) is 0 Å². The molecule has 114 valence electrons. The molecule has 0 fully saturated rings. The molecule has 3 aromatic carbocycles. The molecule has 0 aliphatic heterocycles. The molecule has 23 heavy (non-hydrogen) atoms. The second kappa shape index (κ2) is 5.81. The first-order valence-electron chi connectivity index (χ1n) is 8.10. The predicted octanol–water partition coefficient (Wildman–Crippen LogP) is 5.28. The molecule has 0 aliphatic carbocycles. The number of aryl methyl sites for hydroxylation is 1. The van der Waals surface area contributed by atoms with E-state index in [1.165, 1.54) is 38.5 Å². The van der Waals surface area contributed by atoms with Crippen LogP contribution in [0, 0.1) is 6.92 Å². The second-order valence-electron chi connectivity index (χ2n) is 6.01. The fraction of sp³-hybridized carbons (Fsp3) is 0.143. The van der Waals surface area contributed by atoms with Gasteiger partial charge in [-0.25, -0.2) is 0 Å². The third-order valence-corrected chi connectivity index (χ3v) is 4.53. The first-order chi connectivity index (χ1) is 11.3. The van der Waals surface area contributed by atoms with Crippen LogP contribution in [0.25, 0.3) is 21.7 Å². The monoisotopic (exact) mass is 300 g/mol. The molecule has 4 rings (SSSR count). The summed E-state index contributed by atoms with van der Waals surface area (Å²) in [5, 5.41) is 7.55. The van der Waals surface area contributed by atoms with E-state index in [2.05, 4.69) is 84.1 Å². The number of nitrogens with one attached hydrogen (secondary N) is 2. The lowest BCUT2D eigenvalue weighted by Gasteiger charge is -2.11. The number of aromatic nitrogens is 1. The summed E-state index contributed by atoms with van der Waals surface area (Å²) in [7, 11) is 0. The first-order valence-corrected chi connectivity index (χ1v) is 8.10. The van der Waals surface area contributed by atoms with E-state index < -0.39 is 0 Å². The van der Waals surface area contributed by atoms with Gasteiger partial charge < -0.3 is 10.3 Å². The lowest BCUT2D eigenvalue weighted by atomic mass is 10.0.